The molecule has 2 aromatic carbocycles. The molecule has 0 unspecified atom stereocenters. The van der Waals surface area contributed by atoms with Crippen LogP contribution in [0.2, 0.25) is 0 Å². The zero-order valence-electron chi connectivity index (χ0n) is 49.2. The molecule has 1 amide bonds. The summed E-state index contributed by atoms with van der Waals surface area (Å²) in [5.41, 5.74) is 16.1. The summed E-state index contributed by atoms with van der Waals surface area (Å²) in [6, 6.07) is 12.6. The van der Waals surface area contributed by atoms with E-state index in [9.17, 15) is 19.2 Å². The van der Waals surface area contributed by atoms with E-state index in [1.54, 1.807) is 0 Å². The number of amides is 1. The number of nitrogens with two attached hydrogens (primary N) is 1. The van der Waals surface area contributed by atoms with Crippen LogP contribution in [0.25, 0.3) is 0 Å². The number of aromatic nitrogens is 2. The van der Waals surface area contributed by atoms with Crippen LogP contribution in [0.15, 0.2) is 50.5 Å². The molecule has 8 rings (SSSR count). The maximum absolute atomic E-state index is 13.5. The number of halogens is 2. The third-order valence-electron chi connectivity index (χ3n) is 15.3. The number of H-pyrrole nitrogens is 2. The van der Waals surface area contributed by atoms with Crippen molar-refractivity contribution in [1.29, 1.82) is 0 Å². The van der Waals surface area contributed by atoms with Gasteiger partial charge in [0.25, 0.3) is 17.0 Å². The molecule has 4 saturated heterocycles. The molecular formula is C63H90BrClN8O7. The molecule has 5 N–H and O–H groups in total. The molecule has 4 aliphatic heterocycles. The van der Waals surface area contributed by atoms with Crippen LogP contribution in [0.3, 0.4) is 0 Å². The number of nitrogens with one attached hydrogen (secondary N) is 3. The van der Waals surface area contributed by atoms with E-state index in [0.29, 0.717) is 40.9 Å². The Morgan fingerprint density at radius 2 is 1.19 bits per heavy atom. The minimum atomic E-state index is -0.293. The van der Waals surface area contributed by atoms with Crippen molar-refractivity contribution >= 4 is 51.6 Å². The molecule has 4 fully saturated rings. The summed E-state index contributed by atoms with van der Waals surface area (Å²) in [5.74, 6) is 8.90. The average Bonchev–Trinajstić information content (AvgIpc) is 3.52. The molecular weight excluding hydrogens is 1100 g/mol. The number of ether oxygens (including phenoxy) is 3. The molecule has 0 bridgehead atoms. The van der Waals surface area contributed by atoms with Gasteiger partial charge in [0.05, 0.1) is 25.8 Å². The normalized spacial score (nSPS) is 15.8. The Bertz CT molecular complexity index is 2850. The minimum Gasteiger partial charge on any atom is -0.465 e. The molecule has 6 heterocycles. The summed E-state index contributed by atoms with van der Waals surface area (Å²) in [6.07, 6.45) is 17.0. The number of likely N-dealkylation sites (tertiary alicyclic amines) is 2. The van der Waals surface area contributed by atoms with Crippen molar-refractivity contribution in [3.05, 3.63) is 123 Å². The number of terminal acetylenes is 1. The first-order valence-electron chi connectivity index (χ1n) is 28.5. The van der Waals surface area contributed by atoms with Gasteiger partial charge in [-0.1, -0.05) is 46.5 Å². The molecule has 2 aromatic heterocycles. The van der Waals surface area contributed by atoms with Gasteiger partial charge in [0.15, 0.2) is 0 Å². The van der Waals surface area contributed by atoms with Crippen molar-refractivity contribution in [2.24, 2.45) is 5.73 Å². The number of aromatic amines is 2. The highest BCUT2D eigenvalue weighted by Crippen LogP contribution is 2.33. The van der Waals surface area contributed by atoms with Gasteiger partial charge in [-0.15, -0.1) is 18.8 Å². The monoisotopic (exact) mass is 1180 g/mol. The number of anilines is 2. The van der Waals surface area contributed by atoms with E-state index in [-0.39, 0.29) is 41.9 Å². The topological polar surface area (TPSA) is 179 Å². The second kappa shape index (κ2) is 34.8. The van der Waals surface area contributed by atoms with Gasteiger partial charge in [-0.3, -0.25) is 24.2 Å². The maximum atomic E-state index is 13.5. The van der Waals surface area contributed by atoms with E-state index in [1.807, 2.05) is 65.8 Å². The lowest BCUT2D eigenvalue weighted by Gasteiger charge is -2.36. The van der Waals surface area contributed by atoms with E-state index in [1.165, 1.54) is 58.7 Å². The van der Waals surface area contributed by atoms with E-state index in [2.05, 4.69) is 94.6 Å². The SMILES string of the molecule is C#CCN1CCCCC1.CCN(c1cc(Br)cc(C(=O)OC)c1C)C1CCOCC1.CCN(c1cc(C#CCN2CCCCC2)cc(C(=O)NCc2c(C)cc(C)[nH]c2=O)c1C)C1CCOCC1.Cc1cc(C)c(CN)c(=O)[nH]1.Cl. The quantitative estimate of drug-likeness (QED) is 0.0738. The van der Waals surface area contributed by atoms with E-state index < -0.39 is 0 Å². The highest BCUT2D eigenvalue weighted by Gasteiger charge is 2.26. The van der Waals surface area contributed by atoms with Crippen molar-refractivity contribution in [1.82, 2.24) is 25.1 Å². The Morgan fingerprint density at radius 3 is 1.65 bits per heavy atom. The second-order valence-electron chi connectivity index (χ2n) is 21.0. The van der Waals surface area contributed by atoms with Gasteiger partial charge in [0.2, 0.25) is 0 Å². The molecule has 4 aliphatic rings. The zero-order chi connectivity index (χ0) is 57.4. The van der Waals surface area contributed by atoms with Gasteiger partial charge in [-0.05, 0) is 192 Å². The first kappa shape index (κ1) is 67.1. The number of pyridine rings is 2. The fraction of sp³-hybridized carbons (Fsp3) is 0.556. The Hall–Kier alpha value is -5.43. The van der Waals surface area contributed by atoms with Crippen molar-refractivity contribution in [3.63, 3.8) is 0 Å². The van der Waals surface area contributed by atoms with Gasteiger partial charge >= 0.3 is 5.97 Å². The van der Waals surface area contributed by atoms with Crippen LogP contribution in [0, 0.1) is 65.7 Å². The molecule has 0 radical (unpaired) electrons. The van der Waals surface area contributed by atoms with E-state index in [4.69, 9.17) is 26.4 Å². The standard InChI is InChI=1S/C31H42N4O3.C16H22BrNO3.C8H12N2O.C8H13N.ClH/c1-5-35(26-11-16-38-17-12-26)29-20-25(10-9-15-34-13-7-6-8-14-34)19-27(24(29)4)30(36)32-21-28-22(2)18-23(3)33-31(28)37;1-4-18(13-5-7-21-8-6-13)15-10-12(17)9-14(11(15)2)16(19)20-3;1-5-3-6(2)10-8(11)7(5)4-9;1-2-6-9-7-4-3-5-8-9;/h18-20,26H,5-8,11-17,21H2,1-4H3,(H,32,36)(H,33,37);9-10,13H,4-8H2,1-3H3;3H,4,9H2,1-2H3,(H,10,11);1H,3-8H2;1H. The lowest BCUT2D eigenvalue weighted by atomic mass is 9.98. The molecule has 0 atom stereocenters. The minimum absolute atomic E-state index is 0. The fourth-order valence-electron chi connectivity index (χ4n) is 11.0. The highest BCUT2D eigenvalue weighted by molar-refractivity contribution is 9.10. The van der Waals surface area contributed by atoms with Gasteiger partial charge in [0.1, 0.15) is 0 Å². The second-order valence-corrected chi connectivity index (χ2v) is 21.9. The van der Waals surface area contributed by atoms with Gasteiger partial charge in [-0.2, -0.15) is 0 Å². The molecule has 4 aromatic rings. The number of hydrogen-bond donors (Lipinski definition) is 4. The van der Waals surface area contributed by atoms with Gasteiger partial charge in [0, 0.05) is 114 Å². The molecule has 438 valence electrons. The van der Waals surface area contributed by atoms with Crippen molar-refractivity contribution in [3.8, 4) is 24.2 Å². The summed E-state index contributed by atoms with van der Waals surface area (Å²) in [6.45, 7) is 27.4. The predicted molar refractivity (Wildman–Crippen MR) is 331 cm³/mol. The van der Waals surface area contributed by atoms with Crippen LogP contribution in [0.4, 0.5) is 11.4 Å². The summed E-state index contributed by atoms with van der Waals surface area (Å²) < 4.78 is 16.9. The van der Waals surface area contributed by atoms with Crippen LogP contribution in [0.1, 0.15) is 149 Å². The molecule has 15 nitrogen and oxygen atoms in total. The number of piperidine rings is 2. The molecule has 0 aliphatic carbocycles. The van der Waals surface area contributed by atoms with Crippen LogP contribution in [-0.4, -0.2) is 130 Å². The highest BCUT2D eigenvalue weighted by atomic mass is 79.9. The molecule has 17 heteroatoms. The number of aryl methyl sites for hydroxylation is 4. The van der Waals surface area contributed by atoms with Crippen LogP contribution >= 0.6 is 28.3 Å². The number of carbonyl (C=O) groups is 2. The third kappa shape index (κ3) is 19.9. The maximum Gasteiger partial charge on any atom is 0.338 e. The van der Waals surface area contributed by atoms with E-state index in [0.717, 1.165) is 146 Å². The number of rotatable bonds is 13. The largest absolute Gasteiger partial charge is 0.465 e. The van der Waals surface area contributed by atoms with E-state index >= 15 is 0 Å². The zero-order valence-corrected chi connectivity index (χ0v) is 51.6. The number of carbonyl (C=O) groups excluding carboxylic acids is 2. The van der Waals surface area contributed by atoms with Gasteiger partial charge in [-0.25, -0.2) is 4.79 Å². The predicted octanol–water partition coefficient (Wildman–Crippen LogP) is 9.60. The Balaban J connectivity index is 0.000000271. The average molecular weight is 1190 g/mol. The summed E-state index contributed by atoms with van der Waals surface area (Å²) in [4.78, 5) is 64.2. The number of esters is 1. The van der Waals surface area contributed by atoms with Crippen LogP contribution in [0.5, 0.6) is 0 Å². The third-order valence-corrected chi connectivity index (χ3v) is 15.8. The first-order chi connectivity index (χ1) is 38.0. The number of methoxy groups -OCH3 is 1. The van der Waals surface area contributed by atoms with Crippen LogP contribution < -0.4 is 32.0 Å². The number of hydrogen-bond acceptors (Lipinski definition) is 12. The van der Waals surface area contributed by atoms with Gasteiger partial charge < -0.3 is 45.0 Å². The molecule has 0 saturated carbocycles. The molecule has 0 spiro atoms. The van der Waals surface area contributed by atoms with Crippen molar-refractivity contribution < 1.29 is 23.8 Å². The Morgan fingerprint density at radius 1 is 0.713 bits per heavy atom. The molecule has 80 heavy (non-hydrogen) atoms. The Labute approximate surface area is 491 Å². The van der Waals surface area contributed by atoms with Crippen molar-refractivity contribution in [2.75, 3.05) is 95.7 Å². The summed E-state index contributed by atoms with van der Waals surface area (Å²) in [7, 11) is 1.42. The lowest BCUT2D eigenvalue weighted by Crippen LogP contribution is -2.40. The first-order valence-corrected chi connectivity index (χ1v) is 29.3. The van der Waals surface area contributed by atoms with Crippen molar-refractivity contribution in [2.45, 2.75) is 145 Å². The number of nitrogens with zero attached hydrogens (tertiary/aromatic N) is 4. The lowest BCUT2D eigenvalue weighted by molar-refractivity contribution is 0.0599. The number of benzene rings is 2. The summed E-state index contributed by atoms with van der Waals surface area (Å²) >= 11 is 3.51. The summed E-state index contributed by atoms with van der Waals surface area (Å²) in [5, 5.41) is 3.00. The van der Waals surface area contributed by atoms with Crippen LogP contribution in [-0.2, 0) is 27.3 Å². The smallest absolute Gasteiger partial charge is 0.338 e. The Kier molecular flexibility index (Phi) is 29.1. The fourth-order valence-corrected chi connectivity index (χ4v) is 11.4.